The summed E-state index contributed by atoms with van der Waals surface area (Å²) in [7, 11) is 3.56. The van der Waals surface area contributed by atoms with Crippen LogP contribution in [-0.2, 0) is 18.4 Å². The molecule has 3 aromatic heterocycles. The van der Waals surface area contributed by atoms with E-state index in [1.54, 1.807) is 43.3 Å². The summed E-state index contributed by atoms with van der Waals surface area (Å²) in [6.45, 7) is 0.515. The Balaban J connectivity index is 1.61. The van der Waals surface area contributed by atoms with Crippen molar-refractivity contribution in [1.82, 2.24) is 24.8 Å². The minimum absolute atomic E-state index is 0.00632. The molecule has 7 nitrogen and oxygen atoms in total. The van der Waals surface area contributed by atoms with Crippen molar-refractivity contribution in [2.75, 3.05) is 12.4 Å². The van der Waals surface area contributed by atoms with Crippen LogP contribution in [0.5, 0.6) is 0 Å². The number of benzene rings is 1. The molecule has 0 spiro atoms. The summed E-state index contributed by atoms with van der Waals surface area (Å²) in [5, 5.41) is 6.65. The molecule has 3 heterocycles. The minimum Gasteiger partial charge on any atom is -0.351 e. The van der Waals surface area contributed by atoms with Gasteiger partial charge in [0, 0.05) is 49.1 Å². The van der Waals surface area contributed by atoms with Gasteiger partial charge < -0.3 is 20.2 Å². The molecule has 1 aliphatic carbocycles. The van der Waals surface area contributed by atoms with Crippen molar-refractivity contribution in [3.63, 3.8) is 0 Å². The summed E-state index contributed by atoms with van der Waals surface area (Å²) in [5.74, 6) is -0.674. The van der Waals surface area contributed by atoms with E-state index >= 15 is 8.78 Å². The number of carbonyl (C=O) groups excluding carboxylic acids is 1. The average Bonchev–Trinajstić information content (AvgIpc) is 3.38. The fraction of sp³-hybridized carbons (Fsp3) is 0.261. The first-order valence-electron chi connectivity index (χ1n) is 10.4. The number of aromatic amines is 1. The van der Waals surface area contributed by atoms with Crippen LogP contribution < -0.4 is 10.6 Å². The molecule has 0 radical (unpaired) electrons. The van der Waals surface area contributed by atoms with Crippen molar-refractivity contribution < 1.29 is 13.6 Å². The molecule has 0 atom stereocenters. The van der Waals surface area contributed by atoms with E-state index in [0.29, 0.717) is 29.3 Å². The zero-order valence-electron chi connectivity index (χ0n) is 17.7. The average molecular weight is 436 g/mol. The number of rotatable bonds is 6. The third-order valence-electron chi connectivity index (χ3n) is 5.70. The summed E-state index contributed by atoms with van der Waals surface area (Å²) in [6, 6.07) is 4.24. The van der Waals surface area contributed by atoms with Gasteiger partial charge in [0.2, 0.25) is 5.91 Å². The number of nitrogens with one attached hydrogen (secondary N) is 3. The Labute approximate surface area is 182 Å². The standard InChI is InChI=1S/C23H22F2N6O/c1-26-10-14-11-28-21(30-23(32)12-3-4-12)20-15(14)9-18(29-20)19-16(24)7-13(8-17(19)25)22-27-5-6-31(22)2/h5-9,11-12,26,29H,3-4,10H2,1-2H3,(H,28,30,32). The predicted molar refractivity (Wildman–Crippen MR) is 118 cm³/mol. The second-order valence-corrected chi connectivity index (χ2v) is 8.07. The molecular formula is C23H22F2N6O. The first-order valence-corrected chi connectivity index (χ1v) is 10.4. The van der Waals surface area contributed by atoms with Crippen LogP contribution in [0.4, 0.5) is 14.6 Å². The van der Waals surface area contributed by atoms with Gasteiger partial charge in [-0.1, -0.05) is 0 Å². The van der Waals surface area contributed by atoms with Gasteiger partial charge in [-0.05, 0) is 43.7 Å². The van der Waals surface area contributed by atoms with E-state index in [0.717, 1.165) is 23.8 Å². The Morgan fingerprint density at radius 3 is 2.59 bits per heavy atom. The van der Waals surface area contributed by atoms with Gasteiger partial charge >= 0.3 is 0 Å². The lowest BCUT2D eigenvalue weighted by atomic mass is 10.1. The van der Waals surface area contributed by atoms with Crippen molar-refractivity contribution in [3.8, 4) is 22.6 Å². The number of aryl methyl sites for hydroxylation is 1. The Hall–Kier alpha value is -3.59. The van der Waals surface area contributed by atoms with Gasteiger partial charge in [0.15, 0.2) is 5.82 Å². The van der Waals surface area contributed by atoms with E-state index < -0.39 is 11.6 Å². The Kier molecular flexibility index (Phi) is 4.97. The molecule has 0 saturated heterocycles. The van der Waals surface area contributed by atoms with Crippen LogP contribution in [0.2, 0.25) is 0 Å². The van der Waals surface area contributed by atoms with Crippen LogP contribution in [0.25, 0.3) is 33.5 Å². The van der Waals surface area contributed by atoms with E-state index in [9.17, 15) is 4.79 Å². The summed E-state index contributed by atoms with van der Waals surface area (Å²) >= 11 is 0. The van der Waals surface area contributed by atoms with Gasteiger partial charge in [-0.15, -0.1) is 0 Å². The lowest BCUT2D eigenvalue weighted by molar-refractivity contribution is -0.117. The lowest BCUT2D eigenvalue weighted by Gasteiger charge is -2.08. The van der Waals surface area contributed by atoms with Crippen molar-refractivity contribution in [2.24, 2.45) is 13.0 Å². The first kappa shape index (κ1) is 20.3. The van der Waals surface area contributed by atoms with Crippen LogP contribution >= 0.6 is 0 Å². The van der Waals surface area contributed by atoms with Gasteiger partial charge in [0.05, 0.1) is 16.8 Å². The smallest absolute Gasteiger partial charge is 0.228 e. The number of pyridine rings is 1. The molecule has 0 aliphatic heterocycles. The minimum atomic E-state index is -0.707. The molecule has 9 heteroatoms. The quantitative estimate of drug-likeness (QED) is 0.427. The number of amides is 1. The molecule has 0 unspecified atom stereocenters. The molecule has 32 heavy (non-hydrogen) atoms. The Morgan fingerprint density at radius 1 is 1.22 bits per heavy atom. The van der Waals surface area contributed by atoms with Crippen LogP contribution in [-0.4, -0.2) is 32.5 Å². The third-order valence-corrected chi connectivity index (χ3v) is 5.70. The van der Waals surface area contributed by atoms with Crippen molar-refractivity contribution in [2.45, 2.75) is 19.4 Å². The van der Waals surface area contributed by atoms with Crippen LogP contribution in [0.1, 0.15) is 18.4 Å². The van der Waals surface area contributed by atoms with Gasteiger partial charge in [-0.3, -0.25) is 4.79 Å². The maximum Gasteiger partial charge on any atom is 0.228 e. The number of imidazole rings is 1. The highest BCUT2D eigenvalue weighted by Gasteiger charge is 2.30. The second kappa shape index (κ2) is 7.83. The van der Waals surface area contributed by atoms with Crippen LogP contribution in [0.15, 0.2) is 36.8 Å². The molecule has 1 aliphatic rings. The maximum absolute atomic E-state index is 15.1. The fourth-order valence-corrected chi connectivity index (χ4v) is 3.90. The summed E-state index contributed by atoms with van der Waals surface area (Å²) < 4.78 is 32.0. The Bertz CT molecular complexity index is 1310. The van der Waals surface area contributed by atoms with Gasteiger partial charge in [0.25, 0.3) is 0 Å². The molecule has 0 bridgehead atoms. The zero-order valence-corrected chi connectivity index (χ0v) is 17.7. The highest BCUT2D eigenvalue weighted by molar-refractivity contribution is 6.02. The van der Waals surface area contributed by atoms with Crippen LogP contribution in [0.3, 0.4) is 0 Å². The number of halogens is 2. The number of hydrogen-bond donors (Lipinski definition) is 3. The second-order valence-electron chi connectivity index (χ2n) is 8.07. The SMILES string of the molecule is CNCc1cnc(NC(=O)C2CC2)c2[nH]c(-c3c(F)cc(-c4nccn4C)cc3F)cc12. The molecule has 164 valence electrons. The Morgan fingerprint density at radius 2 is 1.97 bits per heavy atom. The largest absolute Gasteiger partial charge is 0.351 e. The summed E-state index contributed by atoms with van der Waals surface area (Å²) in [6.07, 6.45) is 6.67. The zero-order chi connectivity index (χ0) is 22.4. The molecule has 5 rings (SSSR count). The van der Waals surface area contributed by atoms with Gasteiger partial charge in [-0.25, -0.2) is 18.7 Å². The van der Waals surface area contributed by atoms with Crippen molar-refractivity contribution in [3.05, 3.63) is 54.0 Å². The molecule has 3 N–H and O–H groups in total. The van der Waals surface area contributed by atoms with E-state index in [-0.39, 0.29) is 23.1 Å². The van der Waals surface area contributed by atoms with Gasteiger partial charge in [-0.2, -0.15) is 0 Å². The van der Waals surface area contributed by atoms with Crippen molar-refractivity contribution >= 4 is 22.6 Å². The van der Waals surface area contributed by atoms with E-state index in [2.05, 4.69) is 25.6 Å². The van der Waals surface area contributed by atoms with E-state index in [1.807, 2.05) is 0 Å². The fourth-order valence-electron chi connectivity index (χ4n) is 3.90. The number of anilines is 1. The predicted octanol–water partition coefficient (Wildman–Crippen LogP) is 3.98. The molecule has 1 fully saturated rings. The molecule has 1 saturated carbocycles. The summed E-state index contributed by atoms with van der Waals surface area (Å²) in [4.78, 5) is 23.9. The molecule has 4 aromatic rings. The number of hydrogen-bond acceptors (Lipinski definition) is 4. The van der Waals surface area contributed by atoms with E-state index in [1.165, 1.54) is 12.1 Å². The van der Waals surface area contributed by atoms with Crippen LogP contribution in [0, 0.1) is 17.6 Å². The lowest BCUT2D eigenvalue weighted by Crippen LogP contribution is -2.15. The maximum atomic E-state index is 15.1. The number of nitrogens with zero attached hydrogens (tertiary/aromatic N) is 3. The van der Waals surface area contributed by atoms with Gasteiger partial charge in [0.1, 0.15) is 17.5 Å². The highest BCUT2D eigenvalue weighted by Crippen LogP contribution is 2.36. The first-order chi connectivity index (χ1) is 15.5. The number of carbonyl (C=O) groups is 1. The topological polar surface area (TPSA) is 87.6 Å². The monoisotopic (exact) mass is 436 g/mol. The molecule has 1 amide bonds. The molecule has 1 aromatic carbocycles. The normalized spacial score (nSPS) is 13.6. The molecular weight excluding hydrogens is 414 g/mol. The third kappa shape index (κ3) is 3.54. The van der Waals surface area contributed by atoms with E-state index in [4.69, 9.17) is 0 Å². The summed E-state index contributed by atoms with van der Waals surface area (Å²) in [5.41, 5.74) is 1.83. The number of H-pyrrole nitrogens is 1. The number of aromatic nitrogens is 4. The van der Waals surface area contributed by atoms with Crippen molar-refractivity contribution in [1.29, 1.82) is 0 Å². The highest BCUT2D eigenvalue weighted by atomic mass is 19.1. The number of fused-ring (bicyclic) bond motifs is 1.